The average Bonchev–Trinajstić information content (AvgIpc) is 2.90. The van der Waals surface area contributed by atoms with Crippen LogP contribution in [0, 0.1) is 0 Å². The van der Waals surface area contributed by atoms with Crippen molar-refractivity contribution < 1.29 is 4.74 Å². The van der Waals surface area contributed by atoms with Gasteiger partial charge in [-0.15, -0.1) is 10.2 Å². The number of nitrogens with zero attached hydrogens (tertiary/aromatic N) is 3. The van der Waals surface area contributed by atoms with Crippen LogP contribution in [0.2, 0.25) is 10.3 Å². The first-order chi connectivity index (χ1) is 10.2. The van der Waals surface area contributed by atoms with Gasteiger partial charge in [-0.2, -0.15) is 0 Å². The molecule has 0 radical (unpaired) electrons. The van der Waals surface area contributed by atoms with Gasteiger partial charge >= 0.3 is 0 Å². The predicted molar refractivity (Wildman–Crippen MR) is 83.4 cm³/mol. The van der Waals surface area contributed by atoms with Crippen LogP contribution in [0.3, 0.4) is 0 Å². The van der Waals surface area contributed by atoms with Crippen molar-refractivity contribution in [1.82, 2.24) is 14.8 Å². The molecule has 2 aromatic carbocycles. The second-order valence-electron chi connectivity index (χ2n) is 4.31. The molecular weight excluding hydrogens is 309 g/mol. The number of methoxy groups -OCH3 is 1. The third-order valence-electron chi connectivity index (χ3n) is 3.05. The van der Waals surface area contributed by atoms with E-state index in [1.165, 1.54) is 0 Å². The number of hydrogen-bond donors (Lipinski definition) is 0. The largest absolute Gasteiger partial charge is 0.495 e. The molecule has 0 N–H and O–H groups in total. The zero-order valence-electron chi connectivity index (χ0n) is 11.1. The molecule has 0 spiro atoms. The quantitative estimate of drug-likeness (QED) is 0.724. The third-order valence-corrected chi connectivity index (χ3v) is 3.61. The number of benzene rings is 2. The summed E-state index contributed by atoms with van der Waals surface area (Å²) in [5, 5.41) is 8.91. The van der Waals surface area contributed by atoms with Crippen LogP contribution in [-0.4, -0.2) is 21.9 Å². The normalized spacial score (nSPS) is 10.6. The fourth-order valence-electron chi connectivity index (χ4n) is 2.06. The van der Waals surface area contributed by atoms with E-state index < -0.39 is 0 Å². The Kier molecular flexibility index (Phi) is 3.82. The highest BCUT2D eigenvalue weighted by Crippen LogP contribution is 2.30. The van der Waals surface area contributed by atoms with Crippen LogP contribution in [-0.2, 0) is 0 Å². The summed E-state index contributed by atoms with van der Waals surface area (Å²) in [6.45, 7) is 0. The van der Waals surface area contributed by atoms with Crippen LogP contribution < -0.4 is 4.74 Å². The molecule has 0 fully saturated rings. The maximum absolute atomic E-state index is 6.18. The number of hydrogen-bond acceptors (Lipinski definition) is 3. The molecule has 3 rings (SSSR count). The molecule has 4 nitrogen and oxygen atoms in total. The molecule has 6 heteroatoms. The Hall–Kier alpha value is -2.04. The van der Waals surface area contributed by atoms with Crippen molar-refractivity contribution in [2.75, 3.05) is 7.11 Å². The molecule has 0 saturated carbocycles. The topological polar surface area (TPSA) is 39.9 Å². The Balaban J connectivity index is 2.17. The van der Waals surface area contributed by atoms with Gasteiger partial charge in [-0.1, -0.05) is 41.9 Å². The maximum atomic E-state index is 6.18. The van der Waals surface area contributed by atoms with Gasteiger partial charge in [-0.3, -0.25) is 4.57 Å². The van der Waals surface area contributed by atoms with Gasteiger partial charge in [0.1, 0.15) is 5.75 Å². The Bertz CT molecular complexity index is 772. The van der Waals surface area contributed by atoms with E-state index in [4.69, 9.17) is 27.9 Å². The standard InChI is InChI=1S/C15H11Cl2N3O/c1-21-13-9-11(7-8-12(13)16)20-14(18-19-15(20)17)10-5-3-2-4-6-10/h2-9H,1H3. The first kappa shape index (κ1) is 13.9. The highest BCUT2D eigenvalue weighted by molar-refractivity contribution is 6.32. The SMILES string of the molecule is COc1cc(-n2c(Cl)nnc2-c2ccccc2)ccc1Cl. The minimum absolute atomic E-state index is 0.276. The molecule has 0 aliphatic carbocycles. The van der Waals surface area contributed by atoms with Gasteiger partial charge in [0, 0.05) is 11.6 Å². The summed E-state index contributed by atoms with van der Waals surface area (Å²) < 4.78 is 6.99. The van der Waals surface area contributed by atoms with Gasteiger partial charge in [-0.25, -0.2) is 0 Å². The molecule has 0 atom stereocenters. The monoisotopic (exact) mass is 319 g/mol. The highest BCUT2D eigenvalue weighted by atomic mass is 35.5. The van der Waals surface area contributed by atoms with E-state index in [0.717, 1.165) is 11.3 Å². The lowest BCUT2D eigenvalue weighted by Crippen LogP contribution is -1.98. The fourth-order valence-corrected chi connectivity index (χ4v) is 2.47. The molecule has 0 amide bonds. The summed E-state index contributed by atoms with van der Waals surface area (Å²) >= 11 is 12.2. The van der Waals surface area contributed by atoms with Gasteiger partial charge in [0.05, 0.1) is 17.8 Å². The van der Waals surface area contributed by atoms with E-state index in [1.807, 2.05) is 36.4 Å². The molecule has 0 aliphatic rings. The van der Waals surface area contributed by atoms with Gasteiger partial charge in [-0.05, 0) is 23.7 Å². The molecule has 0 bridgehead atoms. The van der Waals surface area contributed by atoms with Crippen molar-refractivity contribution in [3.8, 4) is 22.8 Å². The summed E-state index contributed by atoms with van der Waals surface area (Å²) in [7, 11) is 1.57. The molecular formula is C15H11Cl2N3O. The van der Waals surface area contributed by atoms with Gasteiger partial charge < -0.3 is 4.74 Å². The molecule has 0 saturated heterocycles. The van der Waals surface area contributed by atoms with Gasteiger partial charge in [0.15, 0.2) is 5.82 Å². The van der Waals surface area contributed by atoms with E-state index in [0.29, 0.717) is 16.6 Å². The van der Waals surface area contributed by atoms with E-state index in [-0.39, 0.29) is 5.28 Å². The molecule has 1 aromatic heterocycles. The lowest BCUT2D eigenvalue weighted by molar-refractivity contribution is 0.415. The lowest BCUT2D eigenvalue weighted by atomic mass is 10.2. The molecule has 0 unspecified atom stereocenters. The maximum Gasteiger partial charge on any atom is 0.229 e. The predicted octanol–water partition coefficient (Wildman–Crippen LogP) is 4.25. The van der Waals surface area contributed by atoms with Crippen molar-refractivity contribution in [1.29, 1.82) is 0 Å². The van der Waals surface area contributed by atoms with Crippen molar-refractivity contribution in [2.24, 2.45) is 0 Å². The summed E-state index contributed by atoms with van der Waals surface area (Å²) in [4.78, 5) is 0. The molecule has 0 aliphatic heterocycles. The molecule has 3 aromatic rings. The Morgan fingerprint density at radius 3 is 2.48 bits per heavy atom. The van der Waals surface area contributed by atoms with E-state index in [2.05, 4.69) is 10.2 Å². The Labute approximate surface area is 131 Å². The average molecular weight is 320 g/mol. The van der Waals surface area contributed by atoms with Gasteiger partial charge in [0.25, 0.3) is 0 Å². The summed E-state index contributed by atoms with van der Waals surface area (Å²) in [6, 6.07) is 15.1. The zero-order chi connectivity index (χ0) is 14.8. The second-order valence-corrected chi connectivity index (χ2v) is 5.06. The first-order valence-corrected chi connectivity index (χ1v) is 6.96. The number of aromatic nitrogens is 3. The van der Waals surface area contributed by atoms with E-state index in [9.17, 15) is 0 Å². The fraction of sp³-hybridized carbons (Fsp3) is 0.0667. The van der Waals surface area contributed by atoms with Crippen LogP contribution in [0.4, 0.5) is 0 Å². The third kappa shape index (κ3) is 2.60. The van der Waals surface area contributed by atoms with Crippen molar-refractivity contribution in [3.05, 3.63) is 58.8 Å². The van der Waals surface area contributed by atoms with Gasteiger partial charge in [0.2, 0.25) is 5.28 Å². The van der Waals surface area contributed by atoms with E-state index >= 15 is 0 Å². The Morgan fingerprint density at radius 2 is 1.76 bits per heavy atom. The molecule has 106 valence electrons. The van der Waals surface area contributed by atoms with Crippen molar-refractivity contribution >= 4 is 23.2 Å². The van der Waals surface area contributed by atoms with Crippen LogP contribution in [0.25, 0.3) is 17.1 Å². The van der Waals surface area contributed by atoms with Crippen molar-refractivity contribution in [2.45, 2.75) is 0 Å². The Morgan fingerprint density at radius 1 is 1.00 bits per heavy atom. The smallest absolute Gasteiger partial charge is 0.229 e. The summed E-state index contributed by atoms with van der Waals surface area (Å²) in [6.07, 6.45) is 0. The minimum Gasteiger partial charge on any atom is -0.495 e. The molecule has 21 heavy (non-hydrogen) atoms. The van der Waals surface area contributed by atoms with Crippen LogP contribution in [0.5, 0.6) is 5.75 Å². The lowest BCUT2D eigenvalue weighted by Gasteiger charge is -2.10. The van der Waals surface area contributed by atoms with Crippen molar-refractivity contribution in [3.63, 3.8) is 0 Å². The number of ether oxygens (including phenoxy) is 1. The van der Waals surface area contributed by atoms with Crippen LogP contribution >= 0.6 is 23.2 Å². The molecule has 1 heterocycles. The highest BCUT2D eigenvalue weighted by Gasteiger charge is 2.15. The summed E-state index contributed by atoms with van der Waals surface area (Å²) in [5.41, 5.74) is 1.70. The second kappa shape index (κ2) is 5.76. The van der Waals surface area contributed by atoms with E-state index in [1.54, 1.807) is 23.8 Å². The number of rotatable bonds is 3. The van der Waals surface area contributed by atoms with Crippen LogP contribution in [0.15, 0.2) is 48.5 Å². The summed E-state index contributed by atoms with van der Waals surface area (Å²) in [5.74, 6) is 1.22. The van der Waals surface area contributed by atoms with Crippen LogP contribution in [0.1, 0.15) is 0 Å². The zero-order valence-corrected chi connectivity index (χ0v) is 12.6. The minimum atomic E-state index is 0.276. The number of halogens is 2. The first-order valence-electron chi connectivity index (χ1n) is 6.21.